The molecule has 0 bridgehead atoms. The second kappa shape index (κ2) is 12.1. The number of nitrogens with zero attached hydrogens (tertiary/aromatic N) is 4. The first-order valence-corrected chi connectivity index (χ1v) is 15.2. The normalized spacial score (nSPS) is 14.4. The average molecular weight is 592 g/mol. The van der Waals surface area contributed by atoms with Crippen LogP contribution in [0.1, 0.15) is 70.0 Å². The van der Waals surface area contributed by atoms with E-state index in [-0.39, 0.29) is 29.8 Å². The summed E-state index contributed by atoms with van der Waals surface area (Å²) in [6, 6.07) is 18.7. The summed E-state index contributed by atoms with van der Waals surface area (Å²) in [5.74, 6) is 0.601. The molecule has 0 radical (unpaired) electrons. The molecule has 1 saturated carbocycles. The number of anilines is 3. The fraction of sp³-hybridized carbons (Fsp3) is 0.314. The predicted octanol–water partition coefficient (Wildman–Crippen LogP) is 5.25. The van der Waals surface area contributed by atoms with E-state index in [1.54, 1.807) is 47.3 Å². The van der Waals surface area contributed by atoms with Crippen molar-refractivity contribution in [1.29, 1.82) is 0 Å². The van der Waals surface area contributed by atoms with Gasteiger partial charge in [0.05, 0.1) is 18.0 Å². The minimum atomic E-state index is -0.327. The number of hydrogen-bond donors (Lipinski definition) is 2. The number of aryl methyl sites for hydroxylation is 1. The largest absolute Gasteiger partial charge is 0.392 e. The molecule has 0 atom stereocenters. The smallest absolute Gasteiger partial charge is 0.293 e. The minimum absolute atomic E-state index is 0.0484. The highest BCUT2D eigenvalue weighted by molar-refractivity contribution is 6.09. The van der Waals surface area contributed by atoms with Crippen molar-refractivity contribution in [2.75, 3.05) is 29.9 Å². The van der Waals surface area contributed by atoms with Crippen molar-refractivity contribution in [3.05, 3.63) is 105 Å². The Morgan fingerprint density at radius 1 is 1.02 bits per heavy atom. The second-order valence-corrected chi connectivity index (χ2v) is 11.4. The van der Waals surface area contributed by atoms with E-state index in [9.17, 15) is 19.5 Å². The van der Waals surface area contributed by atoms with E-state index in [2.05, 4.69) is 22.4 Å². The van der Waals surface area contributed by atoms with Crippen LogP contribution in [0.15, 0.2) is 71.7 Å². The maximum atomic E-state index is 13.7. The van der Waals surface area contributed by atoms with Crippen LogP contribution in [0.5, 0.6) is 0 Å². The van der Waals surface area contributed by atoms with Crippen LogP contribution in [0.25, 0.3) is 11.3 Å². The Balaban J connectivity index is 1.30. The summed E-state index contributed by atoms with van der Waals surface area (Å²) < 4.78 is 1.44. The van der Waals surface area contributed by atoms with Crippen LogP contribution < -0.4 is 15.8 Å². The molecule has 0 spiro atoms. The van der Waals surface area contributed by atoms with Gasteiger partial charge in [-0.15, -0.1) is 0 Å². The Bertz CT molecular complexity index is 1790. The van der Waals surface area contributed by atoms with Crippen molar-refractivity contribution in [2.45, 2.75) is 45.6 Å². The van der Waals surface area contributed by atoms with E-state index in [1.807, 2.05) is 38.1 Å². The number of aliphatic hydroxyl groups excluding tert-OH is 1. The van der Waals surface area contributed by atoms with E-state index in [1.165, 1.54) is 23.0 Å². The van der Waals surface area contributed by atoms with Gasteiger partial charge in [-0.2, -0.15) is 0 Å². The zero-order chi connectivity index (χ0) is 31.0. The molecule has 1 aromatic heterocycles. The Kier molecular flexibility index (Phi) is 8.05. The number of aromatic nitrogens is 2. The number of carbonyl (C=O) groups is 2. The molecule has 3 aromatic carbocycles. The number of nitrogens with one attached hydrogen (secondary N) is 1. The third-order valence-corrected chi connectivity index (χ3v) is 8.65. The monoisotopic (exact) mass is 591 g/mol. The highest BCUT2D eigenvalue weighted by atomic mass is 16.3. The van der Waals surface area contributed by atoms with Crippen molar-refractivity contribution in [3.63, 3.8) is 0 Å². The van der Waals surface area contributed by atoms with Crippen LogP contribution in [0, 0.1) is 0 Å². The van der Waals surface area contributed by atoms with E-state index in [4.69, 9.17) is 0 Å². The topological polar surface area (TPSA) is 108 Å². The van der Waals surface area contributed by atoms with Crippen LogP contribution in [-0.4, -0.2) is 51.0 Å². The summed E-state index contributed by atoms with van der Waals surface area (Å²) in [5.41, 5.74) is 6.26. The summed E-state index contributed by atoms with van der Waals surface area (Å²) in [7, 11) is 1.65. The summed E-state index contributed by atoms with van der Waals surface area (Å²) in [6.07, 6.45) is 4.80. The standard InChI is InChI=1S/C35H37N5O4/c1-4-39(5-2)33(42)23-11-14-26(15-12-23)36-32-35(44)38(3)20-30(37-32)28-7-6-8-31(29(28)21-41)40-18-17-25-19-24(22-9-10-22)13-16-27(25)34(40)43/h6-8,11-16,19-20,22,41H,4-5,9-10,17-18,21H2,1-3H3,(H,36,37). The molecular formula is C35H37N5O4. The van der Waals surface area contributed by atoms with Gasteiger partial charge in [0.25, 0.3) is 17.4 Å². The van der Waals surface area contributed by atoms with Gasteiger partial charge in [0.1, 0.15) is 0 Å². The van der Waals surface area contributed by atoms with Crippen LogP contribution in [0.3, 0.4) is 0 Å². The summed E-state index contributed by atoms with van der Waals surface area (Å²) >= 11 is 0. The molecule has 9 nitrogen and oxygen atoms in total. The highest BCUT2D eigenvalue weighted by Crippen LogP contribution is 2.41. The molecular weight excluding hydrogens is 554 g/mol. The lowest BCUT2D eigenvalue weighted by Crippen LogP contribution is -2.38. The van der Waals surface area contributed by atoms with Gasteiger partial charge in [-0.05, 0) is 86.6 Å². The lowest BCUT2D eigenvalue weighted by atomic mass is 9.93. The van der Waals surface area contributed by atoms with Gasteiger partial charge in [-0.3, -0.25) is 14.4 Å². The van der Waals surface area contributed by atoms with Crippen LogP contribution in [-0.2, 0) is 20.1 Å². The molecule has 226 valence electrons. The molecule has 4 aromatic rings. The molecule has 1 aliphatic carbocycles. The van der Waals surface area contributed by atoms with Gasteiger partial charge in [0.2, 0.25) is 0 Å². The van der Waals surface area contributed by atoms with Gasteiger partial charge < -0.3 is 24.8 Å². The Morgan fingerprint density at radius 2 is 1.77 bits per heavy atom. The zero-order valence-electron chi connectivity index (χ0n) is 25.3. The molecule has 2 amide bonds. The maximum Gasteiger partial charge on any atom is 0.293 e. The van der Waals surface area contributed by atoms with E-state index in [0.717, 1.165) is 12.0 Å². The molecule has 44 heavy (non-hydrogen) atoms. The van der Waals surface area contributed by atoms with Crippen molar-refractivity contribution in [2.24, 2.45) is 7.05 Å². The van der Waals surface area contributed by atoms with Crippen LogP contribution in [0.4, 0.5) is 17.2 Å². The molecule has 0 saturated heterocycles. The average Bonchev–Trinajstić information content (AvgIpc) is 3.90. The molecule has 6 rings (SSSR count). The SMILES string of the molecule is CCN(CC)C(=O)c1ccc(Nc2nc(-c3cccc(N4CCc5cc(C6CC6)ccc5C4=O)c3CO)cn(C)c2=O)cc1. The lowest BCUT2D eigenvalue weighted by molar-refractivity contribution is 0.0772. The highest BCUT2D eigenvalue weighted by Gasteiger charge is 2.30. The van der Waals surface area contributed by atoms with Gasteiger partial charge in [-0.1, -0.05) is 24.3 Å². The molecule has 2 heterocycles. The summed E-state index contributed by atoms with van der Waals surface area (Å²) in [5, 5.41) is 13.7. The predicted molar refractivity (Wildman–Crippen MR) is 172 cm³/mol. The minimum Gasteiger partial charge on any atom is -0.392 e. The molecule has 1 aliphatic heterocycles. The first kappa shape index (κ1) is 29.3. The van der Waals surface area contributed by atoms with Crippen molar-refractivity contribution >= 4 is 29.0 Å². The van der Waals surface area contributed by atoms with Crippen LogP contribution in [0.2, 0.25) is 0 Å². The lowest BCUT2D eigenvalue weighted by Gasteiger charge is -2.31. The van der Waals surface area contributed by atoms with Gasteiger partial charge in [0, 0.05) is 60.8 Å². The first-order chi connectivity index (χ1) is 21.3. The fourth-order valence-corrected chi connectivity index (χ4v) is 5.99. The Morgan fingerprint density at radius 3 is 2.45 bits per heavy atom. The zero-order valence-corrected chi connectivity index (χ0v) is 25.3. The first-order valence-electron chi connectivity index (χ1n) is 15.2. The number of amides is 2. The third-order valence-electron chi connectivity index (χ3n) is 8.65. The van der Waals surface area contributed by atoms with Gasteiger partial charge in [-0.25, -0.2) is 4.98 Å². The summed E-state index contributed by atoms with van der Waals surface area (Å²) in [4.78, 5) is 47.6. The number of benzene rings is 3. The number of rotatable bonds is 9. The van der Waals surface area contributed by atoms with E-state index in [0.29, 0.717) is 64.9 Å². The van der Waals surface area contributed by atoms with E-state index < -0.39 is 0 Å². The van der Waals surface area contributed by atoms with Crippen molar-refractivity contribution in [1.82, 2.24) is 14.5 Å². The van der Waals surface area contributed by atoms with Gasteiger partial charge >= 0.3 is 0 Å². The number of carbonyl (C=O) groups excluding carboxylic acids is 2. The van der Waals surface area contributed by atoms with Gasteiger partial charge in [0.15, 0.2) is 5.82 Å². The fourth-order valence-electron chi connectivity index (χ4n) is 5.99. The van der Waals surface area contributed by atoms with E-state index >= 15 is 0 Å². The van der Waals surface area contributed by atoms with Crippen LogP contribution >= 0.6 is 0 Å². The maximum absolute atomic E-state index is 13.7. The number of aliphatic hydroxyl groups is 1. The quantitative estimate of drug-likeness (QED) is 0.276. The number of hydrogen-bond acceptors (Lipinski definition) is 6. The molecule has 9 heteroatoms. The molecule has 1 fully saturated rings. The van der Waals surface area contributed by atoms with Crippen molar-refractivity contribution < 1.29 is 14.7 Å². The third kappa shape index (κ3) is 5.51. The molecule has 2 aliphatic rings. The second-order valence-electron chi connectivity index (χ2n) is 11.4. The Hall–Kier alpha value is -4.76. The molecule has 0 unspecified atom stereocenters. The number of fused-ring (bicyclic) bond motifs is 1. The van der Waals surface area contributed by atoms with Crippen molar-refractivity contribution in [3.8, 4) is 11.3 Å². The Labute approximate surface area is 256 Å². The molecule has 2 N–H and O–H groups in total. The summed E-state index contributed by atoms with van der Waals surface area (Å²) in [6.45, 7) is 5.34.